The van der Waals surface area contributed by atoms with Crippen molar-refractivity contribution in [2.45, 2.75) is 20.3 Å². The van der Waals surface area contributed by atoms with Crippen LogP contribution in [0.15, 0.2) is 12.1 Å². The summed E-state index contributed by atoms with van der Waals surface area (Å²) in [5.41, 5.74) is -0.139. The molecule has 1 aromatic rings. The molecule has 0 spiro atoms. The molecule has 0 radical (unpaired) electrons. The molecule has 0 aliphatic carbocycles. The van der Waals surface area contributed by atoms with E-state index in [0.29, 0.717) is 41.4 Å². The molecule has 1 aromatic carbocycles. The predicted octanol–water partition coefficient (Wildman–Crippen LogP) is 3.48. The van der Waals surface area contributed by atoms with Crippen LogP contribution in [0.4, 0.5) is 0 Å². The van der Waals surface area contributed by atoms with Crippen molar-refractivity contribution < 1.29 is 14.3 Å². The van der Waals surface area contributed by atoms with Crippen LogP contribution < -0.4 is 9.47 Å². The minimum absolute atomic E-state index is 0.319. The molecule has 0 aliphatic heterocycles. The summed E-state index contributed by atoms with van der Waals surface area (Å²) >= 11 is 5.87. The molecule has 0 heterocycles. The van der Waals surface area contributed by atoms with E-state index in [0.717, 1.165) is 0 Å². The highest BCUT2D eigenvalue weighted by Gasteiger charge is 2.18. The number of hydrogen-bond acceptors (Lipinski definition) is 4. The minimum atomic E-state index is -0.471. The van der Waals surface area contributed by atoms with Crippen LogP contribution in [0.3, 0.4) is 0 Å². The van der Waals surface area contributed by atoms with Gasteiger partial charge in [0.15, 0.2) is 17.8 Å². The molecule has 0 unspecified atom stereocenters. The molecule has 5 heteroatoms. The Labute approximate surface area is 117 Å². The Balaban J connectivity index is 2.89. The number of methoxy groups -OCH3 is 1. The molecule has 4 nitrogen and oxygen atoms in total. The highest BCUT2D eigenvalue weighted by atomic mass is 35.5. The van der Waals surface area contributed by atoms with Gasteiger partial charge in [-0.1, -0.05) is 11.6 Å². The van der Waals surface area contributed by atoms with E-state index in [4.69, 9.17) is 26.3 Å². The number of aldehydes is 1. The molecule has 0 aliphatic rings. The maximum Gasteiger partial charge on any atom is 0.171 e. The van der Waals surface area contributed by atoms with Gasteiger partial charge in [-0.05, 0) is 26.3 Å². The Hall–Kier alpha value is -1.73. The van der Waals surface area contributed by atoms with Gasteiger partial charge in [-0.3, -0.25) is 4.79 Å². The quantitative estimate of drug-likeness (QED) is 0.749. The first kappa shape index (κ1) is 15.3. The topological polar surface area (TPSA) is 59.3 Å². The monoisotopic (exact) mass is 281 g/mol. The zero-order chi connectivity index (χ0) is 14.5. The second-order valence-corrected chi connectivity index (χ2v) is 5.17. The van der Waals surface area contributed by atoms with Gasteiger partial charge in [0.1, 0.15) is 0 Å². The average molecular weight is 282 g/mol. The van der Waals surface area contributed by atoms with E-state index < -0.39 is 5.41 Å². The number of nitriles is 1. The lowest BCUT2D eigenvalue weighted by molar-refractivity contribution is 0.111. The van der Waals surface area contributed by atoms with Gasteiger partial charge in [0, 0.05) is 11.1 Å². The van der Waals surface area contributed by atoms with Crippen LogP contribution in [-0.2, 0) is 0 Å². The van der Waals surface area contributed by atoms with Crippen molar-refractivity contribution in [3.63, 3.8) is 0 Å². The van der Waals surface area contributed by atoms with Crippen molar-refractivity contribution in [2.75, 3.05) is 13.7 Å². The summed E-state index contributed by atoms with van der Waals surface area (Å²) in [6.07, 6.45) is 1.22. The summed E-state index contributed by atoms with van der Waals surface area (Å²) < 4.78 is 10.7. The Bertz CT molecular complexity index is 506. The van der Waals surface area contributed by atoms with Gasteiger partial charge in [-0.25, -0.2) is 0 Å². The number of ether oxygens (including phenoxy) is 2. The van der Waals surface area contributed by atoms with Crippen molar-refractivity contribution in [1.82, 2.24) is 0 Å². The maximum absolute atomic E-state index is 11.0. The lowest BCUT2D eigenvalue weighted by Gasteiger charge is -2.17. The summed E-state index contributed by atoms with van der Waals surface area (Å²) in [4.78, 5) is 11.0. The van der Waals surface area contributed by atoms with Crippen LogP contribution in [-0.4, -0.2) is 20.0 Å². The van der Waals surface area contributed by atoms with Gasteiger partial charge in [-0.15, -0.1) is 0 Å². The number of carbonyl (C=O) groups excluding carboxylic acids is 1. The lowest BCUT2D eigenvalue weighted by atomic mass is 9.92. The van der Waals surface area contributed by atoms with Crippen LogP contribution in [0.1, 0.15) is 30.6 Å². The molecule has 0 aromatic heterocycles. The van der Waals surface area contributed by atoms with E-state index >= 15 is 0 Å². The third kappa shape index (κ3) is 4.15. The fourth-order valence-corrected chi connectivity index (χ4v) is 1.66. The minimum Gasteiger partial charge on any atom is -0.493 e. The SMILES string of the molecule is COc1cc(Cl)cc(C=O)c1OCCC(C)(C)C#N. The Morgan fingerprint density at radius 1 is 1.47 bits per heavy atom. The first-order valence-electron chi connectivity index (χ1n) is 5.80. The lowest BCUT2D eigenvalue weighted by Crippen LogP contribution is -2.14. The van der Waals surface area contributed by atoms with Crippen molar-refractivity contribution >= 4 is 17.9 Å². The summed E-state index contributed by atoms with van der Waals surface area (Å²) in [6.45, 7) is 3.98. The molecule has 102 valence electrons. The van der Waals surface area contributed by atoms with Crippen LogP contribution in [0, 0.1) is 16.7 Å². The van der Waals surface area contributed by atoms with E-state index in [-0.39, 0.29) is 0 Å². The molecule has 19 heavy (non-hydrogen) atoms. The standard InChI is InChI=1S/C14H16ClNO3/c1-14(2,9-16)4-5-19-13-10(8-17)6-11(15)7-12(13)18-3/h6-8H,4-5H2,1-3H3. The largest absolute Gasteiger partial charge is 0.493 e. The van der Waals surface area contributed by atoms with Gasteiger partial charge in [0.25, 0.3) is 0 Å². The first-order chi connectivity index (χ1) is 8.93. The summed E-state index contributed by atoms with van der Waals surface area (Å²) in [6, 6.07) is 5.29. The fraction of sp³-hybridized carbons (Fsp3) is 0.429. The number of hydrogen-bond donors (Lipinski definition) is 0. The van der Waals surface area contributed by atoms with Crippen LogP contribution >= 0.6 is 11.6 Å². The Morgan fingerprint density at radius 2 is 2.16 bits per heavy atom. The smallest absolute Gasteiger partial charge is 0.171 e. The van der Waals surface area contributed by atoms with E-state index in [1.165, 1.54) is 13.2 Å². The molecular weight excluding hydrogens is 266 g/mol. The zero-order valence-corrected chi connectivity index (χ0v) is 12.0. The molecule has 0 N–H and O–H groups in total. The number of benzene rings is 1. The summed E-state index contributed by atoms with van der Waals surface area (Å²) in [5.74, 6) is 0.764. The average Bonchev–Trinajstić information content (AvgIpc) is 2.39. The van der Waals surface area contributed by atoms with E-state index in [2.05, 4.69) is 6.07 Å². The van der Waals surface area contributed by atoms with Crippen molar-refractivity contribution in [2.24, 2.45) is 5.41 Å². The number of rotatable bonds is 6. The molecule has 0 fully saturated rings. The highest BCUT2D eigenvalue weighted by Crippen LogP contribution is 2.34. The summed E-state index contributed by atoms with van der Waals surface area (Å²) in [7, 11) is 1.48. The summed E-state index contributed by atoms with van der Waals surface area (Å²) in [5, 5.41) is 9.33. The maximum atomic E-state index is 11.0. The number of nitrogens with zero attached hydrogens (tertiary/aromatic N) is 1. The molecule has 0 atom stereocenters. The third-order valence-corrected chi connectivity index (χ3v) is 2.89. The van der Waals surface area contributed by atoms with E-state index in [9.17, 15) is 4.79 Å². The Morgan fingerprint density at radius 3 is 2.68 bits per heavy atom. The van der Waals surface area contributed by atoms with Gasteiger partial charge in [-0.2, -0.15) is 5.26 Å². The zero-order valence-electron chi connectivity index (χ0n) is 11.2. The molecule has 0 saturated heterocycles. The second kappa shape index (κ2) is 6.44. The molecule has 0 amide bonds. The molecular formula is C14H16ClNO3. The van der Waals surface area contributed by atoms with Gasteiger partial charge >= 0.3 is 0 Å². The predicted molar refractivity (Wildman–Crippen MR) is 72.9 cm³/mol. The second-order valence-electron chi connectivity index (χ2n) is 4.74. The van der Waals surface area contributed by atoms with Crippen molar-refractivity contribution in [3.8, 4) is 17.6 Å². The van der Waals surface area contributed by atoms with Crippen LogP contribution in [0.5, 0.6) is 11.5 Å². The van der Waals surface area contributed by atoms with Crippen LogP contribution in [0.2, 0.25) is 5.02 Å². The third-order valence-electron chi connectivity index (χ3n) is 2.67. The van der Waals surface area contributed by atoms with Crippen molar-refractivity contribution in [1.29, 1.82) is 5.26 Å². The molecule has 0 bridgehead atoms. The fourth-order valence-electron chi connectivity index (χ4n) is 1.45. The molecule has 0 saturated carbocycles. The van der Waals surface area contributed by atoms with Crippen LogP contribution in [0.25, 0.3) is 0 Å². The van der Waals surface area contributed by atoms with E-state index in [1.807, 2.05) is 13.8 Å². The first-order valence-corrected chi connectivity index (χ1v) is 6.18. The van der Waals surface area contributed by atoms with E-state index in [1.54, 1.807) is 6.07 Å². The highest BCUT2D eigenvalue weighted by molar-refractivity contribution is 6.31. The van der Waals surface area contributed by atoms with Gasteiger partial charge in [0.2, 0.25) is 0 Å². The van der Waals surface area contributed by atoms with Gasteiger partial charge in [0.05, 0.1) is 30.8 Å². The van der Waals surface area contributed by atoms with Gasteiger partial charge < -0.3 is 9.47 Å². The number of carbonyl (C=O) groups is 1. The van der Waals surface area contributed by atoms with Crippen molar-refractivity contribution in [3.05, 3.63) is 22.7 Å². The normalized spacial score (nSPS) is 10.7. The molecule has 1 rings (SSSR count). The number of halogens is 1. The Kier molecular flexibility index (Phi) is 5.20.